The van der Waals surface area contributed by atoms with Gasteiger partial charge in [0.2, 0.25) is 5.91 Å². The summed E-state index contributed by atoms with van der Waals surface area (Å²) in [5.74, 6) is -0.462. The van der Waals surface area contributed by atoms with Crippen LogP contribution < -0.4 is 10.2 Å². The third-order valence-corrected chi connectivity index (χ3v) is 6.39. The Hall–Kier alpha value is -4.20. The molecule has 0 bridgehead atoms. The van der Waals surface area contributed by atoms with Gasteiger partial charge in [-0.2, -0.15) is 5.10 Å². The minimum absolute atomic E-state index is 0.150. The Balaban J connectivity index is 1.56. The molecule has 5 rings (SSSR count). The number of furan rings is 1. The third-order valence-electron chi connectivity index (χ3n) is 6.39. The van der Waals surface area contributed by atoms with E-state index in [9.17, 15) is 14.0 Å². The molecule has 178 valence electrons. The molecule has 0 saturated carbocycles. The number of aryl methyl sites for hydroxylation is 2. The van der Waals surface area contributed by atoms with E-state index in [0.29, 0.717) is 22.8 Å². The van der Waals surface area contributed by atoms with Crippen molar-refractivity contribution >= 4 is 17.5 Å². The lowest BCUT2D eigenvalue weighted by molar-refractivity contribution is -0.126. The van der Waals surface area contributed by atoms with Gasteiger partial charge in [-0.05, 0) is 67.8 Å². The highest BCUT2D eigenvalue weighted by Gasteiger charge is 2.49. The van der Waals surface area contributed by atoms with Crippen LogP contribution in [0.2, 0.25) is 0 Å². The largest absolute Gasteiger partial charge is 0.463 e. The summed E-state index contributed by atoms with van der Waals surface area (Å²) in [6, 6.07) is 17.0. The minimum Gasteiger partial charge on any atom is -0.463 e. The van der Waals surface area contributed by atoms with Gasteiger partial charge < -0.3 is 9.73 Å². The molecule has 7 nitrogen and oxygen atoms in total. The number of carbonyl (C=O) groups excluding carboxylic acids is 2. The summed E-state index contributed by atoms with van der Waals surface area (Å²) in [5.41, 5.74) is 2.90. The van der Waals surface area contributed by atoms with Crippen LogP contribution in [0.1, 0.15) is 34.1 Å². The second-order valence-electron chi connectivity index (χ2n) is 9.06. The van der Waals surface area contributed by atoms with Crippen LogP contribution in [0.3, 0.4) is 0 Å². The predicted molar refractivity (Wildman–Crippen MR) is 129 cm³/mol. The number of halogens is 1. The summed E-state index contributed by atoms with van der Waals surface area (Å²) in [5, 5.41) is 7.50. The second kappa shape index (κ2) is 8.54. The van der Waals surface area contributed by atoms with E-state index < -0.39 is 5.54 Å². The van der Waals surface area contributed by atoms with Gasteiger partial charge >= 0.3 is 0 Å². The normalized spacial score (nSPS) is 17.4. The molecular weight excluding hydrogens is 447 g/mol. The fraction of sp³-hybridized carbons (Fsp3) is 0.222. The van der Waals surface area contributed by atoms with Crippen molar-refractivity contribution in [2.75, 3.05) is 4.90 Å². The van der Waals surface area contributed by atoms with Crippen molar-refractivity contribution in [1.82, 2.24) is 15.1 Å². The van der Waals surface area contributed by atoms with E-state index in [1.807, 2.05) is 32.0 Å². The van der Waals surface area contributed by atoms with Crippen molar-refractivity contribution in [3.63, 3.8) is 0 Å². The van der Waals surface area contributed by atoms with E-state index in [2.05, 4.69) is 10.4 Å². The van der Waals surface area contributed by atoms with Gasteiger partial charge in [-0.1, -0.05) is 24.3 Å². The zero-order valence-electron chi connectivity index (χ0n) is 19.7. The molecule has 8 heteroatoms. The summed E-state index contributed by atoms with van der Waals surface area (Å²) < 4.78 is 20.3. The molecule has 1 aliphatic heterocycles. The number of anilines is 1. The predicted octanol–water partition coefficient (Wildman–Crippen LogP) is 4.63. The summed E-state index contributed by atoms with van der Waals surface area (Å²) >= 11 is 0. The summed E-state index contributed by atoms with van der Waals surface area (Å²) in [6.45, 7) is 5.95. The number of aromatic nitrogens is 2. The molecule has 1 aliphatic rings. The highest BCUT2D eigenvalue weighted by molar-refractivity contribution is 6.12. The fourth-order valence-corrected chi connectivity index (χ4v) is 4.44. The number of rotatable bonds is 5. The maximum Gasteiger partial charge on any atom is 0.277 e. The van der Waals surface area contributed by atoms with E-state index in [1.165, 1.54) is 12.1 Å². The Morgan fingerprint density at radius 2 is 1.91 bits per heavy atom. The quantitative estimate of drug-likeness (QED) is 0.459. The lowest BCUT2D eigenvalue weighted by atomic mass is 9.92. The lowest BCUT2D eigenvalue weighted by Gasteiger charge is -2.43. The topological polar surface area (TPSA) is 80.4 Å². The number of hydrogen-bond acceptors (Lipinski definition) is 4. The number of hydrogen-bond donors (Lipinski definition) is 1. The van der Waals surface area contributed by atoms with E-state index >= 15 is 0 Å². The first-order valence-corrected chi connectivity index (χ1v) is 11.3. The first kappa shape index (κ1) is 22.6. The zero-order valence-corrected chi connectivity index (χ0v) is 19.7. The molecule has 2 amide bonds. The SMILES string of the molecule is Cc1ccc(C)c(N2C(=O)c3cc(-c4ccco4)nn3CC2(C)C(=O)NCc2ccc(F)cc2)c1. The van der Waals surface area contributed by atoms with Crippen molar-refractivity contribution in [3.05, 3.63) is 95.1 Å². The van der Waals surface area contributed by atoms with Gasteiger partial charge in [0.15, 0.2) is 5.76 Å². The lowest BCUT2D eigenvalue weighted by Crippen LogP contribution is -2.64. The Morgan fingerprint density at radius 1 is 1.14 bits per heavy atom. The zero-order chi connectivity index (χ0) is 24.7. The Kier molecular flexibility index (Phi) is 5.51. The molecule has 2 aromatic carbocycles. The molecule has 1 unspecified atom stereocenters. The average molecular weight is 473 g/mol. The Labute approximate surface area is 202 Å². The highest BCUT2D eigenvalue weighted by atomic mass is 19.1. The molecule has 2 aromatic heterocycles. The van der Waals surface area contributed by atoms with Crippen LogP contribution in [0.15, 0.2) is 71.3 Å². The van der Waals surface area contributed by atoms with E-state index in [1.54, 1.807) is 53.1 Å². The van der Waals surface area contributed by atoms with Gasteiger partial charge in [0.25, 0.3) is 5.91 Å². The number of nitrogens with one attached hydrogen (secondary N) is 1. The molecular formula is C27H25FN4O3. The number of fused-ring (bicyclic) bond motifs is 1. The van der Waals surface area contributed by atoms with Crippen LogP contribution in [0, 0.1) is 19.7 Å². The van der Waals surface area contributed by atoms with Crippen LogP contribution in [-0.2, 0) is 17.9 Å². The standard InChI is InChI=1S/C27H25FN4O3/c1-17-6-7-18(2)22(13-17)32-25(33)23-14-21(24-5-4-12-35-24)30-31(23)16-27(32,3)26(34)29-15-19-8-10-20(28)11-9-19/h4-14H,15-16H2,1-3H3,(H,29,34). The molecule has 0 spiro atoms. The minimum atomic E-state index is -1.27. The van der Waals surface area contributed by atoms with Crippen LogP contribution in [0.25, 0.3) is 11.5 Å². The maximum atomic E-state index is 13.9. The summed E-state index contributed by atoms with van der Waals surface area (Å²) in [6.07, 6.45) is 1.55. The van der Waals surface area contributed by atoms with Gasteiger partial charge in [0, 0.05) is 18.3 Å². The molecule has 0 saturated heterocycles. The van der Waals surface area contributed by atoms with E-state index in [-0.39, 0.29) is 30.7 Å². The van der Waals surface area contributed by atoms with Gasteiger partial charge in [0.05, 0.1) is 12.8 Å². The average Bonchev–Trinajstić information content (AvgIpc) is 3.51. The van der Waals surface area contributed by atoms with E-state index in [0.717, 1.165) is 16.7 Å². The molecule has 3 heterocycles. The molecule has 0 radical (unpaired) electrons. The number of benzene rings is 2. The second-order valence-corrected chi connectivity index (χ2v) is 9.06. The van der Waals surface area contributed by atoms with Crippen molar-refractivity contribution in [2.45, 2.75) is 39.4 Å². The molecule has 35 heavy (non-hydrogen) atoms. The number of amides is 2. The van der Waals surface area contributed by atoms with Gasteiger partial charge in [-0.3, -0.25) is 19.2 Å². The smallest absolute Gasteiger partial charge is 0.277 e. The van der Waals surface area contributed by atoms with Crippen molar-refractivity contribution < 1.29 is 18.4 Å². The fourth-order valence-electron chi connectivity index (χ4n) is 4.44. The molecule has 0 aliphatic carbocycles. The van der Waals surface area contributed by atoms with Crippen molar-refractivity contribution in [2.24, 2.45) is 0 Å². The monoisotopic (exact) mass is 472 g/mol. The third kappa shape index (κ3) is 4.01. The number of carbonyl (C=O) groups is 2. The summed E-state index contributed by atoms with van der Waals surface area (Å²) in [7, 11) is 0. The van der Waals surface area contributed by atoms with E-state index in [4.69, 9.17) is 4.42 Å². The van der Waals surface area contributed by atoms with Crippen LogP contribution in [0.5, 0.6) is 0 Å². The molecule has 1 N–H and O–H groups in total. The van der Waals surface area contributed by atoms with Crippen LogP contribution >= 0.6 is 0 Å². The maximum absolute atomic E-state index is 13.9. The van der Waals surface area contributed by atoms with Crippen LogP contribution in [-0.4, -0.2) is 27.1 Å². The van der Waals surface area contributed by atoms with Gasteiger partial charge in [0.1, 0.15) is 22.7 Å². The number of nitrogens with zero attached hydrogens (tertiary/aromatic N) is 3. The molecule has 0 fully saturated rings. The first-order valence-electron chi connectivity index (χ1n) is 11.3. The van der Waals surface area contributed by atoms with Gasteiger partial charge in [-0.25, -0.2) is 4.39 Å². The molecule has 1 atom stereocenters. The highest BCUT2D eigenvalue weighted by Crippen LogP contribution is 2.36. The van der Waals surface area contributed by atoms with Crippen LogP contribution in [0.4, 0.5) is 10.1 Å². The summed E-state index contributed by atoms with van der Waals surface area (Å²) in [4.78, 5) is 29.2. The van der Waals surface area contributed by atoms with Crippen molar-refractivity contribution in [1.29, 1.82) is 0 Å². The Bertz CT molecular complexity index is 1410. The van der Waals surface area contributed by atoms with Gasteiger partial charge in [-0.15, -0.1) is 0 Å². The first-order chi connectivity index (χ1) is 16.8. The van der Waals surface area contributed by atoms with Crippen molar-refractivity contribution in [3.8, 4) is 11.5 Å². The molecule has 4 aromatic rings. The Morgan fingerprint density at radius 3 is 2.63 bits per heavy atom.